The van der Waals surface area contributed by atoms with Gasteiger partial charge in [0.15, 0.2) is 0 Å². The smallest absolute Gasteiger partial charge is 0.263 e. The lowest BCUT2D eigenvalue weighted by molar-refractivity contribution is -0.0328. The number of hydrogen-bond acceptors (Lipinski definition) is 2. The molecule has 0 amide bonds. The third-order valence-corrected chi connectivity index (χ3v) is 2.32. The maximum Gasteiger partial charge on any atom is 0.446 e. The molecule has 0 aliphatic carbocycles. The summed E-state index contributed by atoms with van der Waals surface area (Å²) in [5, 5.41) is 0. The first-order valence-electron chi connectivity index (χ1n) is 4.09. The Kier molecular flexibility index (Phi) is 3.42. The fourth-order valence-electron chi connectivity index (χ4n) is 0.941. The summed E-state index contributed by atoms with van der Waals surface area (Å²) in [4.78, 5) is 3.91. The summed E-state index contributed by atoms with van der Waals surface area (Å²) in [5.41, 5.74) is -3.42. The van der Waals surface area contributed by atoms with E-state index < -0.39 is 5.51 Å². The van der Waals surface area contributed by atoms with Crippen LogP contribution >= 0.6 is 11.8 Å². The van der Waals surface area contributed by atoms with E-state index >= 15 is 0 Å². The van der Waals surface area contributed by atoms with Gasteiger partial charge in [0, 0.05) is 17.3 Å². The lowest BCUT2D eigenvalue weighted by Gasteiger charge is -2.08. The van der Waals surface area contributed by atoms with Crippen molar-refractivity contribution >= 4 is 11.8 Å². The van der Waals surface area contributed by atoms with E-state index in [1.807, 2.05) is 13.8 Å². The summed E-state index contributed by atoms with van der Waals surface area (Å²) in [6.45, 7) is 3.83. The van der Waals surface area contributed by atoms with E-state index in [1.54, 1.807) is 6.20 Å². The van der Waals surface area contributed by atoms with E-state index in [0.717, 1.165) is 5.56 Å². The Morgan fingerprint density at radius 2 is 1.93 bits per heavy atom. The molecule has 1 aromatic heterocycles. The molecular weight excluding hydrogens is 211 g/mol. The van der Waals surface area contributed by atoms with Gasteiger partial charge in [-0.2, -0.15) is 13.2 Å². The molecule has 1 aromatic rings. The van der Waals surface area contributed by atoms with Crippen LogP contribution in [-0.2, 0) is 0 Å². The van der Waals surface area contributed by atoms with Gasteiger partial charge < -0.3 is 0 Å². The van der Waals surface area contributed by atoms with Crippen molar-refractivity contribution in [2.75, 3.05) is 0 Å². The molecule has 0 aromatic carbocycles. The third-order valence-electron chi connectivity index (χ3n) is 1.63. The van der Waals surface area contributed by atoms with E-state index in [4.69, 9.17) is 0 Å². The number of alkyl halides is 3. The van der Waals surface area contributed by atoms with Crippen LogP contribution in [0.2, 0.25) is 0 Å². The van der Waals surface area contributed by atoms with Crippen LogP contribution in [-0.4, -0.2) is 10.5 Å². The van der Waals surface area contributed by atoms with Crippen LogP contribution in [0.25, 0.3) is 0 Å². The quantitative estimate of drug-likeness (QED) is 0.704. The maximum atomic E-state index is 12.0. The molecule has 1 heterocycles. The van der Waals surface area contributed by atoms with Gasteiger partial charge in [0.25, 0.3) is 0 Å². The van der Waals surface area contributed by atoms with Gasteiger partial charge in [-0.15, -0.1) is 0 Å². The summed E-state index contributed by atoms with van der Waals surface area (Å²) in [6.07, 6.45) is 2.81. The predicted molar refractivity (Wildman–Crippen MR) is 50.2 cm³/mol. The van der Waals surface area contributed by atoms with Gasteiger partial charge in [-0.1, -0.05) is 13.8 Å². The molecule has 0 N–H and O–H groups in total. The normalized spacial score (nSPS) is 12.1. The van der Waals surface area contributed by atoms with E-state index in [2.05, 4.69) is 4.98 Å². The number of pyridine rings is 1. The van der Waals surface area contributed by atoms with Gasteiger partial charge in [-0.05, 0) is 29.3 Å². The molecule has 0 atom stereocenters. The van der Waals surface area contributed by atoms with Gasteiger partial charge >= 0.3 is 5.51 Å². The molecule has 1 nitrogen and oxygen atoms in total. The predicted octanol–water partition coefficient (Wildman–Crippen LogP) is 3.82. The highest BCUT2D eigenvalue weighted by Gasteiger charge is 2.29. The van der Waals surface area contributed by atoms with Crippen LogP contribution in [0.3, 0.4) is 0 Å². The molecule has 1 rings (SSSR count). The summed E-state index contributed by atoms with van der Waals surface area (Å²) < 4.78 is 36.0. The Morgan fingerprint density at radius 3 is 2.43 bits per heavy atom. The van der Waals surface area contributed by atoms with E-state index in [9.17, 15) is 13.2 Å². The minimum atomic E-state index is -4.24. The van der Waals surface area contributed by atoms with Crippen LogP contribution in [0.1, 0.15) is 25.3 Å². The topological polar surface area (TPSA) is 12.9 Å². The van der Waals surface area contributed by atoms with Crippen LogP contribution < -0.4 is 0 Å². The number of nitrogens with zero attached hydrogens (tertiary/aromatic N) is 1. The molecule has 78 valence electrons. The van der Waals surface area contributed by atoms with Crippen molar-refractivity contribution in [3.63, 3.8) is 0 Å². The second-order valence-corrected chi connectivity index (χ2v) is 4.29. The first-order chi connectivity index (χ1) is 6.38. The molecular formula is C9H10F3NS. The van der Waals surface area contributed by atoms with Crippen LogP contribution in [0.5, 0.6) is 0 Å². The zero-order valence-corrected chi connectivity index (χ0v) is 8.62. The number of rotatable bonds is 2. The van der Waals surface area contributed by atoms with Crippen molar-refractivity contribution in [3.8, 4) is 0 Å². The number of halogens is 3. The Morgan fingerprint density at radius 1 is 1.29 bits per heavy atom. The first kappa shape index (κ1) is 11.4. The lowest BCUT2D eigenvalue weighted by atomic mass is 10.1. The highest BCUT2D eigenvalue weighted by atomic mass is 32.2. The van der Waals surface area contributed by atoms with Crippen LogP contribution in [0.15, 0.2) is 23.4 Å². The summed E-state index contributed by atoms with van der Waals surface area (Å²) >= 11 is -0.130. The highest BCUT2D eigenvalue weighted by Crippen LogP contribution is 2.37. The number of aromatic nitrogens is 1. The van der Waals surface area contributed by atoms with Gasteiger partial charge in [-0.25, -0.2) is 0 Å². The molecule has 0 unspecified atom stereocenters. The van der Waals surface area contributed by atoms with Crippen molar-refractivity contribution in [1.29, 1.82) is 0 Å². The van der Waals surface area contributed by atoms with Gasteiger partial charge in [0.2, 0.25) is 0 Å². The monoisotopic (exact) mass is 221 g/mol. The minimum absolute atomic E-state index is 0.130. The lowest BCUT2D eigenvalue weighted by Crippen LogP contribution is -2.00. The molecule has 0 saturated heterocycles. The van der Waals surface area contributed by atoms with E-state index in [-0.39, 0.29) is 22.6 Å². The largest absolute Gasteiger partial charge is 0.446 e. The van der Waals surface area contributed by atoms with Gasteiger partial charge in [0.1, 0.15) is 0 Å². The molecule has 0 aliphatic heterocycles. The molecule has 0 bridgehead atoms. The zero-order valence-electron chi connectivity index (χ0n) is 7.80. The fourth-order valence-corrected chi connectivity index (χ4v) is 1.52. The van der Waals surface area contributed by atoms with Crippen LogP contribution in [0, 0.1) is 0 Å². The van der Waals surface area contributed by atoms with Crippen molar-refractivity contribution in [2.45, 2.75) is 30.2 Å². The van der Waals surface area contributed by atoms with Gasteiger partial charge in [0.05, 0.1) is 0 Å². The molecule has 0 fully saturated rings. The first-order valence-corrected chi connectivity index (χ1v) is 4.91. The maximum absolute atomic E-state index is 12.0. The summed E-state index contributed by atoms with van der Waals surface area (Å²) in [7, 11) is 0. The summed E-state index contributed by atoms with van der Waals surface area (Å²) in [5.74, 6) is 0.191. The standard InChI is InChI=1S/C9H10F3NS/c1-6(2)7-3-8(5-13-4-7)14-9(10,11)12/h3-6H,1-2H3. The van der Waals surface area contributed by atoms with Crippen molar-refractivity contribution in [2.24, 2.45) is 0 Å². The minimum Gasteiger partial charge on any atom is -0.263 e. The molecule has 0 spiro atoms. The average Bonchev–Trinajstić information content (AvgIpc) is 2.01. The van der Waals surface area contributed by atoms with E-state index in [0.29, 0.717) is 0 Å². The van der Waals surface area contributed by atoms with Crippen LogP contribution in [0.4, 0.5) is 13.2 Å². The second-order valence-electron chi connectivity index (χ2n) is 3.16. The third kappa shape index (κ3) is 3.57. The molecule has 0 aliphatic rings. The number of hydrogen-bond donors (Lipinski definition) is 0. The highest BCUT2D eigenvalue weighted by molar-refractivity contribution is 8.00. The number of thioether (sulfide) groups is 1. The zero-order chi connectivity index (χ0) is 10.8. The van der Waals surface area contributed by atoms with Crippen molar-refractivity contribution in [1.82, 2.24) is 4.98 Å². The second kappa shape index (κ2) is 4.21. The van der Waals surface area contributed by atoms with E-state index in [1.165, 1.54) is 12.3 Å². The Balaban J connectivity index is 2.84. The SMILES string of the molecule is CC(C)c1cncc(SC(F)(F)F)c1. The van der Waals surface area contributed by atoms with Crippen molar-refractivity contribution in [3.05, 3.63) is 24.0 Å². The molecule has 0 radical (unpaired) electrons. The van der Waals surface area contributed by atoms with Crippen molar-refractivity contribution < 1.29 is 13.2 Å². The molecule has 0 saturated carbocycles. The molecule has 14 heavy (non-hydrogen) atoms. The Hall–Kier alpha value is -0.710. The Labute approximate surface area is 84.7 Å². The summed E-state index contributed by atoms with van der Waals surface area (Å²) in [6, 6.07) is 1.52. The van der Waals surface area contributed by atoms with Gasteiger partial charge in [-0.3, -0.25) is 4.98 Å². The Bertz CT molecular complexity index is 309. The molecule has 5 heteroatoms. The fraction of sp³-hybridized carbons (Fsp3) is 0.444. The average molecular weight is 221 g/mol.